The van der Waals surface area contributed by atoms with E-state index in [1.54, 1.807) is 19.1 Å². The number of piperidine rings is 1. The van der Waals surface area contributed by atoms with Crippen LogP contribution in [0.5, 0.6) is 0 Å². The van der Waals surface area contributed by atoms with Crippen molar-refractivity contribution in [3.05, 3.63) is 35.5 Å². The van der Waals surface area contributed by atoms with Crippen molar-refractivity contribution in [1.29, 1.82) is 0 Å². The molecule has 0 saturated carbocycles. The quantitative estimate of drug-likeness (QED) is 0.860. The van der Waals surface area contributed by atoms with Gasteiger partial charge in [0.15, 0.2) is 0 Å². The molecule has 2 aromatic rings. The summed E-state index contributed by atoms with van der Waals surface area (Å²) in [6.07, 6.45) is 2.84. The highest BCUT2D eigenvalue weighted by atomic mass is 35.5. The van der Waals surface area contributed by atoms with Gasteiger partial charge in [-0.05, 0) is 38.4 Å². The van der Waals surface area contributed by atoms with Crippen LogP contribution >= 0.6 is 12.4 Å². The van der Waals surface area contributed by atoms with Crippen LogP contribution in [0.2, 0.25) is 0 Å². The van der Waals surface area contributed by atoms with Gasteiger partial charge in [-0.15, -0.1) is 12.4 Å². The SMILES string of the molecule is CNC1CCCN(C(=O)CCc2nc(-c3ccc(C)c(F)c3)no2)C1.Cl. The predicted octanol–water partition coefficient (Wildman–Crippen LogP) is 2.75. The number of nitrogens with one attached hydrogen (secondary N) is 1. The Kier molecular flexibility index (Phi) is 7.11. The lowest BCUT2D eigenvalue weighted by molar-refractivity contribution is -0.132. The summed E-state index contributed by atoms with van der Waals surface area (Å²) in [4.78, 5) is 18.5. The molecule has 142 valence electrons. The van der Waals surface area contributed by atoms with E-state index in [0.717, 1.165) is 25.9 Å². The van der Waals surface area contributed by atoms with Crippen molar-refractivity contribution in [3.63, 3.8) is 0 Å². The molecule has 1 aromatic heterocycles. The molecule has 1 unspecified atom stereocenters. The van der Waals surface area contributed by atoms with Crippen LogP contribution in [0.4, 0.5) is 4.39 Å². The Morgan fingerprint density at radius 3 is 3.00 bits per heavy atom. The Bertz CT molecular complexity index is 753. The average Bonchev–Trinajstić information content (AvgIpc) is 3.11. The maximum Gasteiger partial charge on any atom is 0.227 e. The number of aromatic nitrogens is 2. The molecule has 0 aliphatic carbocycles. The Balaban J connectivity index is 0.00000243. The monoisotopic (exact) mass is 382 g/mol. The van der Waals surface area contributed by atoms with E-state index in [2.05, 4.69) is 15.5 Å². The summed E-state index contributed by atoms with van der Waals surface area (Å²) >= 11 is 0. The lowest BCUT2D eigenvalue weighted by atomic mass is 10.1. The number of halogens is 2. The molecule has 1 saturated heterocycles. The van der Waals surface area contributed by atoms with Crippen molar-refractivity contribution in [2.45, 2.75) is 38.6 Å². The van der Waals surface area contributed by atoms with Gasteiger partial charge in [0, 0.05) is 37.5 Å². The van der Waals surface area contributed by atoms with Crippen LogP contribution in [-0.2, 0) is 11.2 Å². The summed E-state index contributed by atoms with van der Waals surface area (Å²) in [6, 6.07) is 5.19. The number of likely N-dealkylation sites (tertiary alicyclic amines) is 1. The highest BCUT2D eigenvalue weighted by Crippen LogP contribution is 2.19. The maximum atomic E-state index is 13.7. The molecule has 1 aromatic carbocycles. The molecule has 0 spiro atoms. The normalized spacial score (nSPS) is 17.0. The minimum Gasteiger partial charge on any atom is -0.341 e. The lowest BCUT2D eigenvalue weighted by Crippen LogP contribution is -2.47. The lowest BCUT2D eigenvalue weighted by Gasteiger charge is -2.32. The van der Waals surface area contributed by atoms with Crippen molar-refractivity contribution < 1.29 is 13.7 Å². The number of likely N-dealkylation sites (N-methyl/N-ethyl adjacent to an activating group) is 1. The molecule has 1 aliphatic heterocycles. The summed E-state index contributed by atoms with van der Waals surface area (Å²) in [5.41, 5.74) is 1.14. The number of carbonyl (C=O) groups is 1. The molecule has 1 amide bonds. The van der Waals surface area contributed by atoms with Crippen LogP contribution in [0.3, 0.4) is 0 Å². The zero-order valence-corrected chi connectivity index (χ0v) is 15.8. The molecular formula is C18H24ClFN4O2. The third-order valence-corrected chi connectivity index (χ3v) is 4.63. The van der Waals surface area contributed by atoms with E-state index in [1.165, 1.54) is 6.07 Å². The molecule has 26 heavy (non-hydrogen) atoms. The van der Waals surface area contributed by atoms with Gasteiger partial charge in [-0.2, -0.15) is 4.98 Å². The van der Waals surface area contributed by atoms with Gasteiger partial charge in [-0.3, -0.25) is 4.79 Å². The molecule has 3 rings (SSSR count). The molecule has 2 heterocycles. The first-order valence-electron chi connectivity index (χ1n) is 8.61. The third-order valence-electron chi connectivity index (χ3n) is 4.63. The maximum absolute atomic E-state index is 13.7. The van der Waals surface area contributed by atoms with Crippen LogP contribution < -0.4 is 5.32 Å². The van der Waals surface area contributed by atoms with Crippen molar-refractivity contribution in [2.24, 2.45) is 0 Å². The standard InChI is InChI=1S/C18H23FN4O2.ClH/c1-12-5-6-13(10-15(12)19)18-21-16(25-22-18)7-8-17(24)23-9-3-4-14(11-23)20-2;/h5-6,10,14,20H,3-4,7-9,11H2,1-2H3;1H. The number of nitrogens with zero attached hydrogens (tertiary/aromatic N) is 3. The first-order valence-corrected chi connectivity index (χ1v) is 8.61. The summed E-state index contributed by atoms with van der Waals surface area (Å²) in [7, 11) is 1.92. The molecule has 1 N–H and O–H groups in total. The number of carbonyl (C=O) groups excluding carboxylic acids is 1. The number of rotatable bonds is 5. The minimum absolute atomic E-state index is 0. The van der Waals surface area contributed by atoms with Gasteiger partial charge in [0.05, 0.1) is 0 Å². The number of hydrogen-bond donors (Lipinski definition) is 1. The van der Waals surface area contributed by atoms with Gasteiger partial charge in [0.25, 0.3) is 0 Å². The molecule has 0 bridgehead atoms. The molecule has 0 radical (unpaired) electrons. The number of amides is 1. The van der Waals surface area contributed by atoms with Gasteiger partial charge < -0.3 is 14.7 Å². The van der Waals surface area contributed by atoms with Crippen molar-refractivity contribution in [2.75, 3.05) is 20.1 Å². The summed E-state index contributed by atoms with van der Waals surface area (Å²) in [5.74, 6) is 0.533. The molecule has 8 heteroatoms. The fraction of sp³-hybridized carbons (Fsp3) is 0.500. The topological polar surface area (TPSA) is 71.3 Å². The van der Waals surface area contributed by atoms with E-state index in [-0.39, 0.29) is 24.1 Å². The van der Waals surface area contributed by atoms with Gasteiger partial charge in [-0.1, -0.05) is 17.3 Å². The van der Waals surface area contributed by atoms with Crippen LogP contribution in [0.1, 0.15) is 30.7 Å². The first-order chi connectivity index (χ1) is 12.1. The number of aryl methyl sites for hydroxylation is 2. The Labute approximate surface area is 158 Å². The second kappa shape index (κ2) is 9.09. The molecule has 1 aliphatic rings. The van der Waals surface area contributed by atoms with Crippen LogP contribution in [0.15, 0.2) is 22.7 Å². The van der Waals surface area contributed by atoms with E-state index in [0.29, 0.717) is 41.7 Å². The van der Waals surface area contributed by atoms with Gasteiger partial charge in [-0.25, -0.2) is 4.39 Å². The van der Waals surface area contributed by atoms with Crippen LogP contribution in [0.25, 0.3) is 11.4 Å². The molecule has 1 atom stereocenters. The highest BCUT2D eigenvalue weighted by Gasteiger charge is 2.22. The van der Waals surface area contributed by atoms with Crippen LogP contribution in [0, 0.1) is 12.7 Å². The zero-order chi connectivity index (χ0) is 17.8. The highest BCUT2D eigenvalue weighted by molar-refractivity contribution is 5.85. The second-order valence-corrected chi connectivity index (χ2v) is 6.44. The van der Waals surface area contributed by atoms with Crippen LogP contribution in [-0.4, -0.2) is 47.1 Å². The van der Waals surface area contributed by atoms with Gasteiger partial charge in [0.2, 0.25) is 17.6 Å². The Morgan fingerprint density at radius 1 is 1.46 bits per heavy atom. The summed E-state index contributed by atoms with van der Waals surface area (Å²) < 4.78 is 18.9. The summed E-state index contributed by atoms with van der Waals surface area (Å²) in [6.45, 7) is 3.24. The third kappa shape index (κ3) is 4.80. The fourth-order valence-electron chi connectivity index (χ4n) is 3.02. The number of hydrogen-bond acceptors (Lipinski definition) is 5. The fourth-order valence-corrected chi connectivity index (χ4v) is 3.02. The number of benzene rings is 1. The average molecular weight is 383 g/mol. The van der Waals surface area contributed by atoms with E-state index in [4.69, 9.17) is 4.52 Å². The van der Waals surface area contributed by atoms with Gasteiger partial charge in [0.1, 0.15) is 5.82 Å². The minimum atomic E-state index is -0.303. The largest absolute Gasteiger partial charge is 0.341 e. The zero-order valence-electron chi connectivity index (χ0n) is 15.0. The molecule has 1 fully saturated rings. The van der Waals surface area contributed by atoms with E-state index >= 15 is 0 Å². The Hall–Kier alpha value is -1.99. The summed E-state index contributed by atoms with van der Waals surface area (Å²) in [5, 5.41) is 7.11. The predicted molar refractivity (Wildman–Crippen MR) is 98.7 cm³/mol. The van der Waals surface area contributed by atoms with E-state index in [9.17, 15) is 9.18 Å². The van der Waals surface area contributed by atoms with Crippen molar-refractivity contribution in [3.8, 4) is 11.4 Å². The molecule has 6 nitrogen and oxygen atoms in total. The smallest absolute Gasteiger partial charge is 0.227 e. The molecular weight excluding hydrogens is 359 g/mol. The first kappa shape index (κ1) is 20.3. The second-order valence-electron chi connectivity index (χ2n) is 6.44. The van der Waals surface area contributed by atoms with E-state index < -0.39 is 0 Å². The van der Waals surface area contributed by atoms with Crippen molar-refractivity contribution >= 4 is 18.3 Å². The van der Waals surface area contributed by atoms with Crippen molar-refractivity contribution in [1.82, 2.24) is 20.4 Å². The van der Waals surface area contributed by atoms with Gasteiger partial charge >= 0.3 is 0 Å². The Morgan fingerprint density at radius 2 is 2.27 bits per heavy atom. The van der Waals surface area contributed by atoms with E-state index in [1.807, 2.05) is 11.9 Å².